The van der Waals surface area contributed by atoms with Crippen molar-refractivity contribution < 1.29 is 4.79 Å². The monoisotopic (exact) mass is 421 g/mol. The summed E-state index contributed by atoms with van der Waals surface area (Å²) in [4.78, 5) is 18.7. The molecule has 0 atom stereocenters. The Labute approximate surface area is 164 Å². The van der Waals surface area contributed by atoms with Gasteiger partial charge in [0.25, 0.3) is 0 Å². The van der Waals surface area contributed by atoms with Crippen LogP contribution in [0.5, 0.6) is 0 Å². The van der Waals surface area contributed by atoms with Crippen molar-refractivity contribution >= 4 is 27.8 Å². The smallest absolute Gasteiger partial charge is 0.248 e. The lowest BCUT2D eigenvalue weighted by Gasteiger charge is -2.20. The lowest BCUT2D eigenvalue weighted by molar-refractivity contribution is -0.116. The fourth-order valence-electron chi connectivity index (χ4n) is 2.82. The Morgan fingerprint density at radius 2 is 1.85 bits per heavy atom. The Morgan fingerprint density at radius 3 is 2.50 bits per heavy atom. The molecule has 0 unspecified atom stereocenters. The summed E-state index contributed by atoms with van der Waals surface area (Å²) in [6.45, 7) is 8.14. The van der Waals surface area contributed by atoms with Crippen LogP contribution in [0.4, 0.5) is 5.95 Å². The molecule has 1 aromatic carbocycles. The summed E-state index contributed by atoms with van der Waals surface area (Å²) in [7, 11) is 0. The van der Waals surface area contributed by atoms with Gasteiger partial charge in [-0.15, -0.1) is 5.10 Å². The maximum absolute atomic E-state index is 12.1. The summed E-state index contributed by atoms with van der Waals surface area (Å²) < 4.78 is 2.77. The molecule has 1 heterocycles. The number of anilines is 1. The maximum atomic E-state index is 12.1. The van der Waals surface area contributed by atoms with E-state index in [-0.39, 0.29) is 5.91 Å². The molecule has 1 N–H and O–H groups in total. The van der Waals surface area contributed by atoms with Crippen molar-refractivity contribution in [2.75, 3.05) is 25.0 Å². The Morgan fingerprint density at radius 1 is 1.15 bits per heavy atom. The highest BCUT2D eigenvalue weighted by Crippen LogP contribution is 2.11. The maximum Gasteiger partial charge on any atom is 0.248 e. The molecule has 0 fully saturated rings. The number of hydrogen-bond acceptors (Lipinski definition) is 4. The largest absolute Gasteiger partial charge is 0.303 e. The van der Waals surface area contributed by atoms with Crippen LogP contribution in [0.15, 0.2) is 35.1 Å². The van der Waals surface area contributed by atoms with Crippen LogP contribution < -0.4 is 5.32 Å². The van der Waals surface area contributed by atoms with E-state index in [1.165, 1.54) is 0 Å². The van der Waals surface area contributed by atoms with Gasteiger partial charge in [-0.1, -0.05) is 41.9 Å². The van der Waals surface area contributed by atoms with Crippen molar-refractivity contribution in [2.45, 2.75) is 46.1 Å². The van der Waals surface area contributed by atoms with E-state index in [4.69, 9.17) is 0 Å². The molecule has 0 saturated heterocycles. The molecule has 0 spiro atoms. The van der Waals surface area contributed by atoms with Crippen molar-refractivity contribution in [2.24, 2.45) is 0 Å². The molecule has 0 saturated carbocycles. The van der Waals surface area contributed by atoms with E-state index in [1.807, 2.05) is 24.3 Å². The molecule has 7 heteroatoms. The zero-order valence-corrected chi connectivity index (χ0v) is 17.2. The van der Waals surface area contributed by atoms with Crippen molar-refractivity contribution in [1.29, 1.82) is 0 Å². The minimum absolute atomic E-state index is 0.0284. The summed E-state index contributed by atoms with van der Waals surface area (Å²) in [6, 6.07) is 8.05. The highest BCUT2D eigenvalue weighted by Gasteiger charge is 2.08. The average molecular weight is 422 g/mol. The van der Waals surface area contributed by atoms with Crippen LogP contribution in [0.3, 0.4) is 0 Å². The number of carbonyl (C=O) groups excluding carboxylic acids is 1. The van der Waals surface area contributed by atoms with Crippen molar-refractivity contribution in [3.8, 4) is 0 Å². The summed E-state index contributed by atoms with van der Waals surface area (Å²) in [6.07, 6.45) is 5.27. The average Bonchev–Trinajstić information content (AvgIpc) is 3.04. The first-order chi connectivity index (χ1) is 12.6. The minimum atomic E-state index is -0.0284. The molecular formula is C19H28BrN5O. The number of hydrogen-bond donors (Lipinski definition) is 1. The Balaban J connectivity index is 1.75. The molecule has 26 heavy (non-hydrogen) atoms. The van der Waals surface area contributed by atoms with E-state index in [0.29, 0.717) is 18.9 Å². The third kappa shape index (κ3) is 7.25. The minimum Gasteiger partial charge on any atom is -0.303 e. The van der Waals surface area contributed by atoms with Gasteiger partial charge in [0.1, 0.15) is 6.33 Å². The number of carbonyl (C=O) groups is 1. The number of halogens is 1. The number of nitrogens with one attached hydrogen (secondary N) is 1. The van der Waals surface area contributed by atoms with E-state index < -0.39 is 0 Å². The van der Waals surface area contributed by atoms with Crippen LogP contribution in [0.1, 0.15) is 45.1 Å². The van der Waals surface area contributed by atoms with Gasteiger partial charge in [0.05, 0.1) is 6.54 Å². The molecular weight excluding hydrogens is 394 g/mol. The zero-order valence-electron chi connectivity index (χ0n) is 15.6. The van der Waals surface area contributed by atoms with Crippen LogP contribution in [0, 0.1) is 0 Å². The van der Waals surface area contributed by atoms with Gasteiger partial charge in [-0.25, -0.2) is 9.67 Å². The predicted octanol–water partition coefficient (Wildman–Crippen LogP) is 3.93. The standard InChI is InChI=1S/C19H28BrN5O/c1-3-11-24(12-4-2)13-5-6-18(26)22-19-21-15-25(23-19)14-16-7-9-17(20)10-8-16/h7-10,15H,3-6,11-14H2,1-2H3,(H,22,23,26). The fraction of sp³-hybridized carbons (Fsp3) is 0.526. The molecule has 0 aliphatic rings. The van der Waals surface area contributed by atoms with Gasteiger partial charge in [0, 0.05) is 10.9 Å². The third-order valence-corrected chi connectivity index (χ3v) is 4.53. The van der Waals surface area contributed by atoms with Gasteiger partial charge in [0.15, 0.2) is 0 Å². The second-order valence-electron chi connectivity index (χ2n) is 6.39. The molecule has 0 aliphatic heterocycles. The molecule has 2 aromatic rings. The summed E-state index contributed by atoms with van der Waals surface area (Å²) >= 11 is 3.42. The second-order valence-corrected chi connectivity index (χ2v) is 7.30. The van der Waals surface area contributed by atoms with Gasteiger partial charge >= 0.3 is 0 Å². The molecule has 142 valence electrons. The topological polar surface area (TPSA) is 63.1 Å². The Kier molecular flexibility index (Phi) is 8.77. The van der Waals surface area contributed by atoms with E-state index in [9.17, 15) is 4.79 Å². The van der Waals surface area contributed by atoms with Crippen LogP contribution in [0.2, 0.25) is 0 Å². The van der Waals surface area contributed by atoms with Crippen LogP contribution >= 0.6 is 15.9 Å². The quantitative estimate of drug-likeness (QED) is 0.596. The first-order valence-electron chi connectivity index (χ1n) is 9.26. The molecule has 2 rings (SSSR count). The van der Waals surface area contributed by atoms with Gasteiger partial charge in [0.2, 0.25) is 11.9 Å². The summed E-state index contributed by atoms with van der Waals surface area (Å²) in [5, 5.41) is 7.11. The van der Waals surface area contributed by atoms with Crippen LogP contribution in [-0.4, -0.2) is 45.2 Å². The van der Waals surface area contributed by atoms with E-state index in [1.54, 1.807) is 11.0 Å². The molecule has 0 bridgehead atoms. The number of benzene rings is 1. The Bertz CT molecular complexity index is 665. The summed E-state index contributed by atoms with van der Waals surface area (Å²) in [5.41, 5.74) is 1.13. The highest BCUT2D eigenvalue weighted by atomic mass is 79.9. The molecule has 6 nitrogen and oxygen atoms in total. The molecule has 0 radical (unpaired) electrons. The lowest BCUT2D eigenvalue weighted by atomic mass is 10.2. The zero-order chi connectivity index (χ0) is 18.8. The number of aromatic nitrogens is 3. The SMILES string of the molecule is CCCN(CCC)CCCC(=O)Nc1ncn(Cc2ccc(Br)cc2)n1. The van der Waals surface area contributed by atoms with Crippen molar-refractivity contribution in [3.63, 3.8) is 0 Å². The first-order valence-corrected chi connectivity index (χ1v) is 10.1. The molecule has 1 amide bonds. The van der Waals surface area contributed by atoms with Gasteiger partial charge in [-0.05, 0) is 56.6 Å². The number of amides is 1. The lowest BCUT2D eigenvalue weighted by Crippen LogP contribution is -2.27. The van der Waals surface area contributed by atoms with E-state index in [0.717, 1.165) is 48.9 Å². The number of nitrogens with zero attached hydrogens (tertiary/aromatic N) is 4. The van der Waals surface area contributed by atoms with E-state index in [2.05, 4.69) is 50.1 Å². The van der Waals surface area contributed by atoms with Crippen molar-refractivity contribution in [3.05, 3.63) is 40.6 Å². The van der Waals surface area contributed by atoms with E-state index >= 15 is 0 Å². The predicted molar refractivity (Wildman–Crippen MR) is 108 cm³/mol. The summed E-state index contributed by atoms with van der Waals surface area (Å²) in [5.74, 6) is 0.338. The molecule has 1 aromatic heterocycles. The normalized spacial score (nSPS) is 11.1. The molecule has 0 aliphatic carbocycles. The number of rotatable bonds is 11. The first kappa shape index (κ1) is 20.6. The highest BCUT2D eigenvalue weighted by molar-refractivity contribution is 9.10. The van der Waals surface area contributed by atoms with Gasteiger partial charge in [-0.3, -0.25) is 10.1 Å². The fourth-order valence-corrected chi connectivity index (χ4v) is 3.09. The third-order valence-electron chi connectivity index (χ3n) is 4.00. The van der Waals surface area contributed by atoms with Crippen LogP contribution in [0.25, 0.3) is 0 Å². The van der Waals surface area contributed by atoms with Crippen LogP contribution in [-0.2, 0) is 11.3 Å². The Hall–Kier alpha value is -1.73. The van der Waals surface area contributed by atoms with Gasteiger partial charge < -0.3 is 4.90 Å². The van der Waals surface area contributed by atoms with Crippen molar-refractivity contribution in [1.82, 2.24) is 19.7 Å². The van der Waals surface area contributed by atoms with Gasteiger partial charge in [-0.2, -0.15) is 0 Å². The second kappa shape index (κ2) is 11.1.